The lowest BCUT2D eigenvalue weighted by atomic mass is 10.2. The Morgan fingerprint density at radius 3 is 2.85 bits per heavy atom. The normalized spacial score (nSPS) is 17.7. The number of carbonyl (C=O) groups is 1. The van der Waals surface area contributed by atoms with Crippen molar-refractivity contribution in [3.63, 3.8) is 0 Å². The predicted molar refractivity (Wildman–Crippen MR) is 110 cm³/mol. The maximum Gasteiger partial charge on any atom is 0.416 e. The molecule has 3 atom stereocenters. The highest BCUT2D eigenvalue weighted by atomic mass is 19.3. The van der Waals surface area contributed by atoms with Crippen molar-refractivity contribution >= 4 is 17.9 Å². The average Bonchev–Trinajstić information content (AvgIpc) is 3.41. The number of anilines is 2. The van der Waals surface area contributed by atoms with Crippen molar-refractivity contribution in [1.29, 1.82) is 0 Å². The van der Waals surface area contributed by atoms with Gasteiger partial charge >= 0.3 is 12.7 Å². The summed E-state index contributed by atoms with van der Waals surface area (Å²) < 4.78 is 39.6. The zero-order valence-corrected chi connectivity index (χ0v) is 17.6. The highest BCUT2D eigenvalue weighted by Crippen LogP contribution is 2.26. The number of hydrogen-bond donors (Lipinski definition) is 2. The van der Waals surface area contributed by atoms with Crippen molar-refractivity contribution < 1.29 is 32.7 Å². The van der Waals surface area contributed by atoms with Crippen LogP contribution in [-0.4, -0.2) is 56.7 Å². The number of alkyl halides is 2. The average molecular weight is 462 g/mol. The molecule has 33 heavy (non-hydrogen) atoms. The molecule has 0 spiro atoms. The smallest absolute Gasteiger partial charge is 0.416 e. The van der Waals surface area contributed by atoms with E-state index in [1.807, 2.05) is 0 Å². The summed E-state index contributed by atoms with van der Waals surface area (Å²) in [6, 6.07) is 6.36. The molecule has 0 bridgehead atoms. The van der Waals surface area contributed by atoms with Crippen LogP contribution in [0.5, 0.6) is 5.75 Å². The number of aliphatic hydroxyl groups is 1. The fraction of sp³-hybridized carbons (Fsp3) is 0.350. The Morgan fingerprint density at radius 1 is 1.27 bits per heavy atom. The van der Waals surface area contributed by atoms with Crippen LogP contribution in [0.3, 0.4) is 0 Å². The van der Waals surface area contributed by atoms with E-state index in [0.717, 1.165) is 0 Å². The molecule has 2 N–H and O–H groups in total. The number of carbonyl (C=O) groups excluding carboxylic acids is 1. The molecule has 2 aromatic heterocycles. The van der Waals surface area contributed by atoms with Crippen molar-refractivity contribution in [2.24, 2.45) is 0 Å². The number of nitrogens with zero attached hydrogens (tertiary/aromatic N) is 5. The molecule has 1 aliphatic heterocycles. The Bertz CT molecular complexity index is 1130. The lowest BCUT2D eigenvalue weighted by Gasteiger charge is -2.22. The summed E-state index contributed by atoms with van der Waals surface area (Å²) in [6.45, 7) is 0.393. The Kier molecular flexibility index (Phi) is 6.31. The highest BCUT2D eigenvalue weighted by Gasteiger charge is 2.38. The quantitative estimate of drug-likeness (QED) is 0.514. The summed E-state index contributed by atoms with van der Waals surface area (Å²) in [5, 5.41) is 16.8. The summed E-state index contributed by atoms with van der Waals surface area (Å²) in [4.78, 5) is 26.1. The van der Waals surface area contributed by atoms with E-state index in [4.69, 9.17) is 9.26 Å². The first-order valence-electron chi connectivity index (χ1n) is 9.94. The van der Waals surface area contributed by atoms with Gasteiger partial charge in [-0.1, -0.05) is 17.3 Å². The van der Waals surface area contributed by atoms with E-state index >= 15 is 0 Å². The standard InChI is InChI=1S/C20H20F2N6O5/c1-10(17-26-16(27-33-17)12-4-3-5-13(8-12)32-18(21)22)24-19-23-7-6-15(25-19)28-14(11(2)29)9-31-20(28)30/h3-8,10-11,14,18,29H,9H2,1-2H3,(H,23,24,25)/t10-,11+,14?/m0/s1. The topological polar surface area (TPSA) is 136 Å². The van der Waals surface area contributed by atoms with Gasteiger partial charge < -0.3 is 24.4 Å². The number of cyclic esters (lactones) is 1. The van der Waals surface area contributed by atoms with Gasteiger partial charge in [-0.05, 0) is 32.0 Å². The van der Waals surface area contributed by atoms with Crippen molar-refractivity contribution in [1.82, 2.24) is 20.1 Å². The minimum Gasteiger partial charge on any atom is -0.447 e. The van der Waals surface area contributed by atoms with Crippen LogP contribution in [0.2, 0.25) is 0 Å². The molecule has 13 heteroatoms. The van der Waals surface area contributed by atoms with Crippen molar-refractivity contribution in [3.05, 3.63) is 42.4 Å². The number of rotatable bonds is 8. The van der Waals surface area contributed by atoms with Gasteiger partial charge in [-0.2, -0.15) is 18.7 Å². The van der Waals surface area contributed by atoms with Crippen LogP contribution < -0.4 is 15.0 Å². The molecule has 174 valence electrons. The predicted octanol–water partition coefficient (Wildman–Crippen LogP) is 3.01. The van der Waals surface area contributed by atoms with E-state index in [9.17, 15) is 18.7 Å². The number of halogens is 2. The summed E-state index contributed by atoms with van der Waals surface area (Å²) >= 11 is 0. The minimum atomic E-state index is -2.95. The Morgan fingerprint density at radius 2 is 2.09 bits per heavy atom. The third-order valence-electron chi connectivity index (χ3n) is 4.83. The van der Waals surface area contributed by atoms with E-state index in [0.29, 0.717) is 5.56 Å². The number of benzene rings is 1. The Balaban J connectivity index is 1.49. The number of nitrogens with one attached hydrogen (secondary N) is 1. The molecule has 11 nitrogen and oxygen atoms in total. The Hall–Kier alpha value is -3.87. The maximum atomic E-state index is 12.4. The number of aliphatic hydroxyl groups excluding tert-OH is 1. The van der Waals surface area contributed by atoms with Gasteiger partial charge in [-0.15, -0.1) is 0 Å². The second kappa shape index (κ2) is 9.32. The second-order valence-corrected chi connectivity index (χ2v) is 7.22. The molecule has 1 amide bonds. The molecule has 0 aliphatic carbocycles. The summed E-state index contributed by atoms with van der Waals surface area (Å²) in [5.41, 5.74) is 0.435. The molecular weight excluding hydrogens is 442 g/mol. The lowest BCUT2D eigenvalue weighted by molar-refractivity contribution is -0.0498. The number of amides is 1. The first-order chi connectivity index (χ1) is 15.8. The SMILES string of the molecule is C[C@H](Nc1nccc(N2C(=O)OCC2[C@@H](C)O)n1)c1nc(-c2cccc(OC(F)F)c2)no1. The maximum absolute atomic E-state index is 12.4. The zero-order chi connectivity index (χ0) is 23.5. The number of hydrogen-bond acceptors (Lipinski definition) is 10. The molecule has 3 heterocycles. The molecule has 1 aliphatic rings. The second-order valence-electron chi connectivity index (χ2n) is 7.22. The highest BCUT2D eigenvalue weighted by molar-refractivity contribution is 5.89. The molecule has 1 aromatic carbocycles. The van der Waals surface area contributed by atoms with Crippen LogP contribution in [0.4, 0.5) is 25.3 Å². The van der Waals surface area contributed by atoms with Gasteiger partial charge in [0.1, 0.15) is 30.3 Å². The fourth-order valence-corrected chi connectivity index (χ4v) is 3.20. The van der Waals surface area contributed by atoms with Crippen molar-refractivity contribution in [2.45, 2.75) is 38.6 Å². The molecule has 3 aromatic rings. The van der Waals surface area contributed by atoms with Gasteiger partial charge in [0.25, 0.3) is 0 Å². The first kappa shape index (κ1) is 22.3. The van der Waals surface area contributed by atoms with Gasteiger partial charge in [-0.25, -0.2) is 9.78 Å². The largest absolute Gasteiger partial charge is 0.447 e. The lowest BCUT2D eigenvalue weighted by Crippen LogP contribution is -2.41. The molecular formula is C20H20F2N6O5. The van der Waals surface area contributed by atoms with Crippen LogP contribution in [0, 0.1) is 0 Å². The number of aromatic nitrogens is 4. The van der Waals surface area contributed by atoms with Crippen LogP contribution in [0.25, 0.3) is 11.4 Å². The summed E-state index contributed by atoms with van der Waals surface area (Å²) in [5.74, 6) is 0.793. The molecule has 0 saturated carbocycles. The van der Waals surface area contributed by atoms with Gasteiger partial charge in [0, 0.05) is 11.8 Å². The van der Waals surface area contributed by atoms with E-state index in [1.165, 1.54) is 35.4 Å². The van der Waals surface area contributed by atoms with Crippen LogP contribution in [-0.2, 0) is 4.74 Å². The van der Waals surface area contributed by atoms with Gasteiger partial charge in [-0.3, -0.25) is 4.90 Å². The van der Waals surface area contributed by atoms with Crippen molar-refractivity contribution in [2.75, 3.05) is 16.8 Å². The fourth-order valence-electron chi connectivity index (χ4n) is 3.20. The zero-order valence-electron chi connectivity index (χ0n) is 17.6. The van der Waals surface area contributed by atoms with E-state index in [1.54, 1.807) is 19.9 Å². The van der Waals surface area contributed by atoms with Crippen LogP contribution in [0.1, 0.15) is 25.8 Å². The summed E-state index contributed by atoms with van der Waals surface area (Å²) in [7, 11) is 0. The third kappa shape index (κ3) is 4.98. The first-order valence-corrected chi connectivity index (χ1v) is 9.94. The van der Waals surface area contributed by atoms with E-state index in [-0.39, 0.29) is 35.8 Å². The van der Waals surface area contributed by atoms with Crippen molar-refractivity contribution in [3.8, 4) is 17.1 Å². The molecule has 1 unspecified atom stereocenters. The van der Waals surface area contributed by atoms with E-state index in [2.05, 4.69) is 30.2 Å². The monoisotopic (exact) mass is 462 g/mol. The van der Waals surface area contributed by atoms with Crippen LogP contribution in [0.15, 0.2) is 41.1 Å². The van der Waals surface area contributed by atoms with Gasteiger partial charge in [0.15, 0.2) is 0 Å². The summed E-state index contributed by atoms with van der Waals surface area (Å²) in [6.07, 6.45) is 0.0249. The Labute approximate surface area is 186 Å². The minimum absolute atomic E-state index is 0.0267. The van der Waals surface area contributed by atoms with Gasteiger partial charge in [0.05, 0.1) is 6.10 Å². The molecule has 1 saturated heterocycles. The third-order valence-corrected chi connectivity index (χ3v) is 4.83. The molecule has 0 radical (unpaired) electrons. The number of ether oxygens (including phenoxy) is 2. The molecule has 4 rings (SSSR count). The van der Waals surface area contributed by atoms with Crippen LogP contribution >= 0.6 is 0 Å². The van der Waals surface area contributed by atoms with Gasteiger partial charge in [0.2, 0.25) is 17.7 Å². The van der Waals surface area contributed by atoms with E-state index < -0.39 is 30.9 Å². The molecule has 1 fully saturated rings.